The first kappa shape index (κ1) is 24.6. The number of hydrogen-bond donors (Lipinski definition) is 3. The van der Waals surface area contributed by atoms with E-state index in [1.807, 2.05) is 30.8 Å². The Bertz CT molecular complexity index is 948. The number of thiophene rings is 1. The van der Waals surface area contributed by atoms with E-state index in [9.17, 15) is 5.11 Å². The summed E-state index contributed by atoms with van der Waals surface area (Å²) in [5.74, 6) is 0.709. The van der Waals surface area contributed by atoms with Crippen LogP contribution >= 0.6 is 35.3 Å². The molecule has 1 aromatic carbocycles. The van der Waals surface area contributed by atoms with Gasteiger partial charge in [-0.2, -0.15) is 5.10 Å². The second-order valence-corrected chi connectivity index (χ2v) is 8.10. The summed E-state index contributed by atoms with van der Waals surface area (Å²) in [5, 5.41) is 23.0. The van der Waals surface area contributed by atoms with Crippen molar-refractivity contribution in [3.8, 4) is 0 Å². The molecule has 0 saturated carbocycles. The third-order valence-electron chi connectivity index (χ3n) is 5.00. The molecule has 3 N–H and O–H groups in total. The van der Waals surface area contributed by atoms with Gasteiger partial charge in [0.05, 0.1) is 12.2 Å². The maximum Gasteiger partial charge on any atom is 0.191 e. The number of hydrogen-bond acceptors (Lipinski definition) is 4. The minimum absolute atomic E-state index is 0. The van der Waals surface area contributed by atoms with Crippen LogP contribution in [0.2, 0.25) is 0 Å². The minimum atomic E-state index is -0.577. The highest BCUT2D eigenvalue weighted by molar-refractivity contribution is 14.0. The Hall–Kier alpha value is -1.65. The summed E-state index contributed by atoms with van der Waals surface area (Å²) in [6, 6.07) is 10.3. The van der Waals surface area contributed by atoms with Crippen LogP contribution in [0.15, 0.2) is 35.3 Å². The van der Waals surface area contributed by atoms with Crippen LogP contribution in [-0.4, -0.2) is 33.9 Å². The van der Waals surface area contributed by atoms with Crippen LogP contribution in [0.25, 0.3) is 10.1 Å². The van der Waals surface area contributed by atoms with E-state index in [-0.39, 0.29) is 24.0 Å². The Kier molecular flexibility index (Phi) is 9.57. The lowest BCUT2D eigenvalue weighted by Crippen LogP contribution is -2.39. The van der Waals surface area contributed by atoms with Crippen LogP contribution in [-0.2, 0) is 26.4 Å². The number of aliphatic imine (C=N–C) groups is 1. The van der Waals surface area contributed by atoms with Crippen LogP contribution in [0, 0.1) is 0 Å². The van der Waals surface area contributed by atoms with Crippen LogP contribution in [0.1, 0.15) is 48.7 Å². The predicted molar refractivity (Wildman–Crippen MR) is 137 cm³/mol. The SMILES string of the molecule is CCNC(=NCc1c(CC)nn(C)c1CC)NCC(O)c1cc2ccccc2s1.I. The Morgan fingerprint density at radius 1 is 1.20 bits per heavy atom. The van der Waals surface area contributed by atoms with Gasteiger partial charge in [0.25, 0.3) is 0 Å². The molecule has 0 radical (unpaired) electrons. The molecule has 1 unspecified atom stereocenters. The summed E-state index contributed by atoms with van der Waals surface area (Å²) < 4.78 is 3.16. The molecular formula is C22H32IN5OS. The van der Waals surface area contributed by atoms with Gasteiger partial charge >= 0.3 is 0 Å². The number of aryl methyl sites for hydroxylation is 2. The van der Waals surface area contributed by atoms with E-state index in [4.69, 9.17) is 4.99 Å². The Morgan fingerprint density at radius 2 is 1.97 bits per heavy atom. The summed E-state index contributed by atoms with van der Waals surface area (Å²) in [7, 11) is 2.00. The lowest BCUT2D eigenvalue weighted by atomic mass is 10.1. The zero-order chi connectivity index (χ0) is 20.8. The molecule has 0 aliphatic rings. The number of fused-ring (bicyclic) bond motifs is 1. The number of nitrogens with zero attached hydrogens (tertiary/aromatic N) is 3. The molecule has 0 bridgehead atoms. The third-order valence-corrected chi connectivity index (χ3v) is 6.22. The molecule has 8 heteroatoms. The number of aliphatic hydroxyl groups is 1. The number of halogens is 1. The minimum Gasteiger partial charge on any atom is -0.386 e. The van der Waals surface area contributed by atoms with Gasteiger partial charge in [0.2, 0.25) is 0 Å². The molecule has 0 fully saturated rings. The number of benzene rings is 1. The normalized spacial score (nSPS) is 12.6. The van der Waals surface area contributed by atoms with E-state index in [1.54, 1.807) is 11.3 Å². The van der Waals surface area contributed by atoms with Crippen molar-refractivity contribution in [1.29, 1.82) is 0 Å². The molecule has 3 aromatic rings. The summed E-state index contributed by atoms with van der Waals surface area (Å²) in [6.45, 7) is 8.06. The molecule has 0 aliphatic heterocycles. The molecule has 0 spiro atoms. The monoisotopic (exact) mass is 541 g/mol. The van der Waals surface area contributed by atoms with Gasteiger partial charge in [-0.15, -0.1) is 35.3 Å². The Labute approximate surface area is 199 Å². The fourth-order valence-electron chi connectivity index (χ4n) is 3.53. The third kappa shape index (κ3) is 5.73. The quantitative estimate of drug-likeness (QED) is 0.228. The summed E-state index contributed by atoms with van der Waals surface area (Å²) in [4.78, 5) is 5.72. The number of guanidine groups is 1. The van der Waals surface area contributed by atoms with E-state index < -0.39 is 6.10 Å². The standard InChI is InChI=1S/C22H31N5OS.HI/c1-5-17-16(18(6-2)27(4)26-17)13-24-22(23-7-3)25-14-19(28)21-12-15-10-8-9-11-20(15)29-21;/h8-12,19,28H,5-7,13-14H2,1-4H3,(H2,23,24,25);1H. The second-order valence-electron chi connectivity index (χ2n) is 6.98. The molecule has 3 rings (SSSR count). The molecule has 2 aromatic heterocycles. The van der Waals surface area contributed by atoms with Crippen LogP contribution < -0.4 is 10.6 Å². The Morgan fingerprint density at radius 3 is 2.63 bits per heavy atom. The van der Waals surface area contributed by atoms with E-state index in [0.717, 1.165) is 30.0 Å². The fourth-order valence-corrected chi connectivity index (χ4v) is 4.58. The first-order valence-electron chi connectivity index (χ1n) is 10.3. The lowest BCUT2D eigenvalue weighted by molar-refractivity contribution is 0.184. The average Bonchev–Trinajstić information content (AvgIpc) is 3.30. The summed E-state index contributed by atoms with van der Waals surface area (Å²) in [5.41, 5.74) is 3.54. The lowest BCUT2D eigenvalue weighted by Gasteiger charge is -2.14. The van der Waals surface area contributed by atoms with Gasteiger partial charge < -0.3 is 15.7 Å². The molecule has 1 atom stereocenters. The van der Waals surface area contributed by atoms with Crippen molar-refractivity contribution in [3.63, 3.8) is 0 Å². The smallest absolute Gasteiger partial charge is 0.191 e. The first-order valence-corrected chi connectivity index (χ1v) is 11.1. The predicted octanol–water partition coefficient (Wildman–Crippen LogP) is 4.17. The number of rotatable bonds is 8. The van der Waals surface area contributed by atoms with Gasteiger partial charge in [-0.05, 0) is 37.3 Å². The zero-order valence-corrected chi connectivity index (χ0v) is 21.3. The van der Waals surface area contributed by atoms with Gasteiger partial charge in [-0.1, -0.05) is 32.0 Å². The highest BCUT2D eigenvalue weighted by Crippen LogP contribution is 2.29. The zero-order valence-electron chi connectivity index (χ0n) is 18.1. The van der Waals surface area contributed by atoms with Crippen molar-refractivity contribution < 1.29 is 5.11 Å². The molecule has 164 valence electrons. The maximum absolute atomic E-state index is 10.6. The Balaban J connectivity index is 0.00000320. The van der Waals surface area contributed by atoms with Crippen molar-refractivity contribution in [2.24, 2.45) is 12.0 Å². The van der Waals surface area contributed by atoms with Crippen molar-refractivity contribution in [3.05, 3.63) is 52.2 Å². The van der Waals surface area contributed by atoms with Crippen LogP contribution in [0.5, 0.6) is 0 Å². The molecular weight excluding hydrogens is 509 g/mol. The van der Waals surface area contributed by atoms with E-state index in [1.165, 1.54) is 21.3 Å². The van der Waals surface area contributed by atoms with Crippen molar-refractivity contribution in [2.75, 3.05) is 13.1 Å². The first-order chi connectivity index (χ1) is 14.1. The highest BCUT2D eigenvalue weighted by atomic mass is 127. The van der Waals surface area contributed by atoms with Crippen LogP contribution in [0.4, 0.5) is 0 Å². The average molecular weight is 542 g/mol. The molecule has 6 nitrogen and oxygen atoms in total. The van der Waals surface area contributed by atoms with Crippen molar-refractivity contribution in [1.82, 2.24) is 20.4 Å². The summed E-state index contributed by atoms with van der Waals surface area (Å²) in [6.07, 6.45) is 1.25. The second kappa shape index (κ2) is 11.7. The largest absolute Gasteiger partial charge is 0.386 e. The van der Waals surface area contributed by atoms with E-state index in [2.05, 4.69) is 47.8 Å². The fraction of sp³-hybridized carbons (Fsp3) is 0.455. The highest BCUT2D eigenvalue weighted by Gasteiger charge is 2.15. The van der Waals surface area contributed by atoms with Gasteiger partial charge in [-0.25, -0.2) is 4.99 Å². The van der Waals surface area contributed by atoms with Crippen LogP contribution in [0.3, 0.4) is 0 Å². The summed E-state index contributed by atoms with van der Waals surface area (Å²) >= 11 is 1.63. The molecule has 30 heavy (non-hydrogen) atoms. The maximum atomic E-state index is 10.6. The van der Waals surface area contributed by atoms with Crippen molar-refractivity contribution in [2.45, 2.75) is 46.3 Å². The van der Waals surface area contributed by atoms with E-state index >= 15 is 0 Å². The number of nitrogens with one attached hydrogen (secondary N) is 2. The van der Waals surface area contributed by atoms with Gasteiger partial charge in [0, 0.05) is 41.0 Å². The van der Waals surface area contributed by atoms with Crippen molar-refractivity contribution >= 4 is 51.4 Å². The molecule has 0 saturated heterocycles. The van der Waals surface area contributed by atoms with Gasteiger partial charge in [0.15, 0.2) is 5.96 Å². The van der Waals surface area contributed by atoms with E-state index in [0.29, 0.717) is 19.0 Å². The number of aromatic nitrogens is 2. The van der Waals surface area contributed by atoms with Gasteiger partial charge in [-0.3, -0.25) is 4.68 Å². The number of aliphatic hydroxyl groups excluding tert-OH is 1. The van der Waals surface area contributed by atoms with Gasteiger partial charge in [0.1, 0.15) is 6.10 Å². The molecule has 0 amide bonds. The molecule has 2 heterocycles. The topological polar surface area (TPSA) is 74.5 Å². The molecule has 0 aliphatic carbocycles.